The summed E-state index contributed by atoms with van der Waals surface area (Å²) in [6.07, 6.45) is 0.874. The third kappa shape index (κ3) is 3.88. The number of phenols is 1. The summed E-state index contributed by atoms with van der Waals surface area (Å²) >= 11 is 9.54. The molecule has 100 valence electrons. The SMILES string of the molecule is CC(Cc1ccc(O)cc1)Nc1cccc(Cl)c1Br. The Bertz CT molecular complexity index is 557. The van der Waals surface area contributed by atoms with Crippen molar-refractivity contribution in [2.75, 3.05) is 5.32 Å². The van der Waals surface area contributed by atoms with Gasteiger partial charge in [-0.3, -0.25) is 0 Å². The van der Waals surface area contributed by atoms with Crippen LogP contribution in [0.3, 0.4) is 0 Å². The zero-order valence-corrected chi connectivity index (χ0v) is 12.9. The maximum Gasteiger partial charge on any atom is 0.115 e. The minimum Gasteiger partial charge on any atom is -0.508 e. The first-order valence-corrected chi connectivity index (χ1v) is 7.22. The fourth-order valence-corrected chi connectivity index (χ4v) is 2.47. The van der Waals surface area contributed by atoms with Crippen LogP contribution in [-0.2, 0) is 6.42 Å². The van der Waals surface area contributed by atoms with E-state index in [1.54, 1.807) is 12.1 Å². The Morgan fingerprint density at radius 1 is 1.21 bits per heavy atom. The van der Waals surface area contributed by atoms with Crippen LogP contribution < -0.4 is 5.32 Å². The van der Waals surface area contributed by atoms with Crippen molar-refractivity contribution >= 4 is 33.2 Å². The molecule has 2 rings (SSSR count). The largest absolute Gasteiger partial charge is 0.508 e. The second kappa shape index (κ2) is 6.31. The number of halogens is 2. The Morgan fingerprint density at radius 2 is 1.89 bits per heavy atom. The van der Waals surface area contributed by atoms with Gasteiger partial charge in [0, 0.05) is 6.04 Å². The molecule has 0 aliphatic heterocycles. The monoisotopic (exact) mass is 339 g/mol. The molecule has 1 atom stereocenters. The first kappa shape index (κ1) is 14.2. The third-order valence-electron chi connectivity index (χ3n) is 2.83. The van der Waals surface area contributed by atoms with Crippen LogP contribution in [0.1, 0.15) is 12.5 Å². The van der Waals surface area contributed by atoms with Crippen LogP contribution in [0.5, 0.6) is 5.75 Å². The molecule has 0 heterocycles. The van der Waals surface area contributed by atoms with E-state index in [9.17, 15) is 5.11 Å². The summed E-state index contributed by atoms with van der Waals surface area (Å²) in [7, 11) is 0. The highest BCUT2D eigenvalue weighted by molar-refractivity contribution is 9.10. The summed E-state index contributed by atoms with van der Waals surface area (Å²) in [6, 6.07) is 13.3. The lowest BCUT2D eigenvalue weighted by Gasteiger charge is -2.17. The van der Waals surface area contributed by atoms with Crippen molar-refractivity contribution in [3.63, 3.8) is 0 Å². The molecule has 0 fully saturated rings. The lowest BCUT2D eigenvalue weighted by molar-refractivity contribution is 0.475. The van der Waals surface area contributed by atoms with Crippen LogP contribution in [0.4, 0.5) is 5.69 Å². The lowest BCUT2D eigenvalue weighted by Crippen LogP contribution is -2.18. The van der Waals surface area contributed by atoms with E-state index in [4.69, 9.17) is 11.6 Å². The number of nitrogens with one attached hydrogen (secondary N) is 1. The first-order chi connectivity index (χ1) is 9.06. The molecule has 0 radical (unpaired) electrons. The van der Waals surface area contributed by atoms with Crippen molar-refractivity contribution < 1.29 is 5.11 Å². The average Bonchev–Trinajstić information content (AvgIpc) is 2.38. The Hall–Kier alpha value is -1.19. The van der Waals surface area contributed by atoms with Gasteiger partial charge in [0.2, 0.25) is 0 Å². The molecule has 19 heavy (non-hydrogen) atoms. The van der Waals surface area contributed by atoms with Crippen molar-refractivity contribution in [1.82, 2.24) is 0 Å². The standard InChI is InChI=1S/C15H15BrClNO/c1-10(9-11-5-7-12(19)8-6-11)18-14-4-2-3-13(17)15(14)16/h2-8,10,18-19H,9H2,1H3. The van der Waals surface area contributed by atoms with Gasteiger partial charge in [-0.15, -0.1) is 0 Å². The molecule has 0 spiro atoms. The summed E-state index contributed by atoms with van der Waals surface area (Å²) in [5.41, 5.74) is 2.16. The lowest BCUT2D eigenvalue weighted by atomic mass is 10.1. The normalized spacial score (nSPS) is 12.2. The molecule has 1 unspecified atom stereocenters. The van der Waals surface area contributed by atoms with Gasteiger partial charge in [-0.1, -0.05) is 29.8 Å². The number of anilines is 1. The van der Waals surface area contributed by atoms with Gasteiger partial charge in [0.25, 0.3) is 0 Å². The van der Waals surface area contributed by atoms with Crippen LogP contribution in [0.15, 0.2) is 46.9 Å². The quantitative estimate of drug-likeness (QED) is 0.834. The van der Waals surface area contributed by atoms with Crippen molar-refractivity contribution in [2.24, 2.45) is 0 Å². The van der Waals surface area contributed by atoms with E-state index in [2.05, 4.69) is 28.2 Å². The third-order valence-corrected chi connectivity index (χ3v) is 4.23. The molecule has 0 saturated heterocycles. The topological polar surface area (TPSA) is 32.3 Å². The molecule has 0 aromatic heterocycles. The van der Waals surface area contributed by atoms with Crippen molar-refractivity contribution in [3.05, 3.63) is 57.5 Å². The highest BCUT2D eigenvalue weighted by atomic mass is 79.9. The van der Waals surface area contributed by atoms with Crippen molar-refractivity contribution in [2.45, 2.75) is 19.4 Å². The van der Waals surface area contributed by atoms with E-state index in [1.807, 2.05) is 30.3 Å². The summed E-state index contributed by atoms with van der Waals surface area (Å²) in [5.74, 6) is 0.293. The molecule has 0 aliphatic carbocycles. The zero-order valence-electron chi connectivity index (χ0n) is 10.5. The molecule has 0 saturated carbocycles. The predicted octanol–water partition coefficient (Wildman–Crippen LogP) is 4.85. The Kier molecular flexibility index (Phi) is 4.72. The van der Waals surface area contributed by atoms with E-state index in [0.29, 0.717) is 10.8 Å². The minimum atomic E-state index is 0.263. The van der Waals surface area contributed by atoms with Crippen LogP contribution >= 0.6 is 27.5 Å². The van der Waals surface area contributed by atoms with Crippen molar-refractivity contribution in [1.29, 1.82) is 0 Å². The van der Waals surface area contributed by atoms with Gasteiger partial charge >= 0.3 is 0 Å². The molecular formula is C15H15BrClNO. The summed E-state index contributed by atoms with van der Waals surface area (Å²) in [4.78, 5) is 0. The maximum atomic E-state index is 9.26. The average molecular weight is 341 g/mol. The predicted molar refractivity (Wildman–Crippen MR) is 84.0 cm³/mol. The molecule has 2 aromatic rings. The van der Waals surface area contributed by atoms with Gasteiger partial charge in [0.1, 0.15) is 5.75 Å². The summed E-state index contributed by atoms with van der Waals surface area (Å²) in [6.45, 7) is 2.11. The number of rotatable bonds is 4. The van der Waals surface area contributed by atoms with Gasteiger partial charge in [-0.25, -0.2) is 0 Å². The molecule has 2 aromatic carbocycles. The first-order valence-electron chi connectivity index (χ1n) is 6.04. The van der Waals surface area contributed by atoms with E-state index >= 15 is 0 Å². The zero-order chi connectivity index (χ0) is 13.8. The van der Waals surface area contributed by atoms with Crippen molar-refractivity contribution in [3.8, 4) is 5.75 Å². The number of aromatic hydroxyl groups is 1. The van der Waals surface area contributed by atoms with Gasteiger partial charge in [-0.05, 0) is 59.1 Å². The summed E-state index contributed by atoms with van der Waals surface area (Å²) in [5, 5.41) is 13.4. The molecule has 2 nitrogen and oxygen atoms in total. The van der Waals surface area contributed by atoms with Gasteiger partial charge in [-0.2, -0.15) is 0 Å². The van der Waals surface area contributed by atoms with Crippen LogP contribution in [-0.4, -0.2) is 11.1 Å². The highest BCUT2D eigenvalue weighted by Gasteiger charge is 2.08. The van der Waals surface area contributed by atoms with E-state index in [-0.39, 0.29) is 6.04 Å². The van der Waals surface area contributed by atoms with Crippen LogP contribution in [0.2, 0.25) is 5.02 Å². The molecule has 4 heteroatoms. The second-order valence-corrected chi connectivity index (χ2v) is 5.72. The van der Waals surface area contributed by atoms with Gasteiger partial charge in [0.05, 0.1) is 15.2 Å². The Morgan fingerprint density at radius 3 is 2.58 bits per heavy atom. The maximum absolute atomic E-state index is 9.26. The fourth-order valence-electron chi connectivity index (χ4n) is 1.92. The number of hydrogen-bond acceptors (Lipinski definition) is 2. The van der Waals surface area contributed by atoms with Gasteiger partial charge in [0.15, 0.2) is 0 Å². The van der Waals surface area contributed by atoms with E-state index in [0.717, 1.165) is 16.6 Å². The molecule has 0 aliphatic rings. The van der Waals surface area contributed by atoms with Crippen LogP contribution in [0, 0.1) is 0 Å². The smallest absolute Gasteiger partial charge is 0.115 e. The second-order valence-electron chi connectivity index (χ2n) is 4.52. The molecule has 2 N–H and O–H groups in total. The molecule has 0 bridgehead atoms. The number of hydrogen-bond donors (Lipinski definition) is 2. The van der Waals surface area contributed by atoms with E-state index < -0.39 is 0 Å². The van der Waals surface area contributed by atoms with E-state index in [1.165, 1.54) is 5.56 Å². The number of phenolic OH excluding ortho intramolecular Hbond substituents is 1. The van der Waals surface area contributed by atoms with Crippen LogP contribution in [0.25, 0.3) is 0 Å². The minimum absolute atomic E-state index is 0.263. The molecule has 0 amide bonds. The van der Waals surface area contributed by atoms with Gasteiger partial charge < -0.3 is 10.4 Å². The summed E-state index contributed by atoms with van der Waals surface area (Å²) < 4.78 is 0.884. The molecular weight excluding hydrogens is 326 g/mol. The fraction of sp³-hybridized carbons (Fsp3) is 0.200. The Balaban J connectivity index is 2.03. The Labute approximate surface area is 126 Å². The number of benzene rings is 2. The highest BCUT2D eigenvalue weighted by Crippen LogP contribution is 2.30.